The van der Waals surface area contributed by atoms with Crippen LogP contribution in [-0.2, 0) is 131 Å². The molecule has 22 heavy (non-hydrogen) atoms. The van der Waals surface area contributed by atoms with Crippen molar-refractivity contribution in [1.29, 1.82) is 0 Å². The van der Waals surface area contributed by atoms with Gasteiger partial charge in [0.15, 0.2) is 0 Å². The van der Waals surface area contributed by atoms with E-state index < -0.39 is 0 Å². The molecule has 0 N–H and O–H groups in total. The fourth-order valence-electron chi connectivity index (χ4n) is 1.83. The average molecular weight is 582 g/mol. The van der Waals surface area contributed by atoms with Gasteiger partial charge in [-0.1, -0.05) is 0 Å². The molecule has 4 radical (unpaired) electrons. The first-order valence-corrected chi connectivity index (χ1v) is 5.82. The van der Waals surface area contributed by atoms with E-state index in [-0.39, 0.29) is 131 Å². The molecule has 0 aliphatic heterocycles. The van der Waals surface area contributed by atoms with E-state index >= 15 is 0 Å². The third-order valence-corrected chi connectivity index (χ3v) is 2.71. The van der Waals surface area contributed by atoms with Crippen molar-refractivity contribution >= 4 is 0 Å². The van der Waals surface area contributed by atoms with E-state index in [0.717, 1.165) is 22.3 Å². The van der Waals surface area contributed by atoms with E-state index in [4.69, 9.17) is 0 Å². The summed E-state index contributed by atoms with van der Waals surface area (Å²) in [6.45, 7) is 0. The van der Waals surface area contributed by atoms with Gasteiger partial charge >= 0.3 is 0 Å². The van der Waals surface area contributed by atoms with E-state index in [1.807, 2.05) is 60.7 Å². The van der Waals surface area contributed by atoms with Gasteiger partial charge in [-0.3, -0.25) is 17.7 Å². The molecule has 0 aliphatic carbocycles. The van der Waals surface area contributed by atoms with Crippen molar-refractivity contribution in [3.8, 4) is 22.3 Å². The van der Waals surface area contributed by atoms with Crippen LogP contribution in [0, 0.1) is 24.3 Å². The van der Waals surface area contributed by atoms with Crippen LogP contribution in [0.1, 0.15) is 0 Å². The summed E-state index contributed by atoms with van der Waals surface area (Å²) < 4.78 is 0. The topological polar surface area (TPSA) is 0 Å². The first-order valence-electron chi connectivity index (χ1n) is 5.82. The summed E-state index contributed by atoms with van der Waals surface area (Å²) in [7, 11) is 0. The Morgan fingerprint density at radius 1 is 0.500 bits per heavy atom. The summed E-state index contributed by atoms with van der Waals surface area (Å²) in [5, 5.41) is 0. The number of rotatable bonds is 2. The van der Waals surface area contributed by atoms with Crippen molar-refractivity contribution in [2.24, 2.45) is 0 Å². The summed E-state index contributed by atoms with van der Waals surface area (Å²) >= 11 is 0. The van der Waals surface area contributed by atoms with Gasteiger partial charge < -0.3 is 23.3 Å². The van der Waals surface area contributed by atoms with Crippen molar-refractivity contribution in [1.82, 2.24) is 0 Å². The van der Waals surface area contributed by atoms with E-state index in [1.165, 1.54) is 0 Å². The van der Waals surface area contributed by atoms with Gasteiger partial charge in [0.25, 0.3) is 0 Å². The van der Waals surface area contributed by atoms with Gasteiger partial charge in [0, 0.05) is 131 Å². The zero-order chi connectivity index (χ0) is 12.2. The Morgan fingerprint density at radius 3 is 1.64 bits per heavy atom. The van der Waals surface area contributed by atoms with Crippen LogP contribution in [0.3, 0.4) is 0 Å². The molecule has 0 saturated carbocycles. The number of hydrogen-bond acceptors (Lipinski definition) is 0. The summed E-state index contributed by atoms with van der Waals surface area (Å²) in [6, 6.07) is 32.6. The fourth-order valence-corrected chi connectivity index (χ4v) is 1.83. The van der Waals surface area contributed by atoms with Crippen LogP contribution < -0.4 is 0 Å². The molecule has 3 aromatic rings. The van der Waals surface area contributed by atoms with Gasteiger partial charge in [-0.15, -0.1) is 36.4 Å². The van der Waals surface area contributed by atoms with Gasteiger partial charge in [0.2, 0.25) is 0 Å². The summed E-state index contributed by atoms with van der Waals surface area (Å²) in [5.74, 6) is 0. The Bertz CT molecular complexity index is 585. The van der Waals surface area contributed by atoms with Gasteiger partial charge in [-0.25, -0.2) is 12.1 Å². The number of benzene rings is 3. The monoisotopic (exact) mass is 582 g/mol. The molecule has 4 heteroatoms. The molecular weight excluding hydrogens is 572 g/mol. The summed E-state index contributed by atoms with van der Waals surface area (Å²) in [6.07, 6.45) is 0. The average Bonchev–Trinajstić information content (AvgIpc) is 2.49. The van der Waals surface area contributed by atoms with Gasteiger partial charge in [-0.2, -0.15) is 17.7 Å². The van der Waals surface area contributed by atoms with E-state index in [1.54, 1.807) is 0 Å². The molecule has 0 nitrogen and oxygen atoms in total. The Kier molecular flexibility index (Phi) is 17.1. The Balaban J connectivity index is 0. The van der Waals surface area contributed by atoms with E-state index in [2.05, 4.69) is 24.3 Å². The first-order chi connectivity index (χ1) is 8.93. The van der Waals surface area contributed by atoms with Crippen LogP contribution in [0.25, 0.3) is 22.3 Å². The smallest absolute Gasteiger partial charge is 0 e. The zero-order valence-corrected chi connectivity index (χ0v) is 23.4. The molecule has 0 saturated heterocycles. The van der Waals surface area contributed by atoms with Crippen molar-refractivity contribution < 1.29 is 131 Å². The molecule has 0 amide bonds. The molecule has 0 heterocycles. The third kappa shape index (κ3) is 7.53. The standard InChI is InChI=1S/C18H10.4Y/c1-3-8-15(9-4-1)17-12-7-13-18(14-17)16-10-5-2-6-11-16;;;;/h1-8,10,12H;;;;/q-4;;;;. The minimum absolute atomic E-state index is 0. The Morgan fingerprint density at radius 2 is 1.09 bits per heavy atom. The maximum Gasteiger partial charge on any atom is 0 e. The van der Waals surface area contributed by atoms with Crippen LogP contribution >= 0.6 is 0 Å². The van der Waals surface area contributed by atoms with Crippen LogP contribution in [0.15, 0.2) is 60.7 Å². The van der Waals surface area contributed by atoms with Crippen LogP contribution in [0.2, 0.25) is 0 Å². The summed E-state index contributed by atoms with van der Waals surface area (Å²) in [5.41, 5.74) is 4.02. The van der Waals surface area contributed by atoms with Crippen molar-refractivity contribution in [3.63, 3.8) is 0 Å². The second-order valence-electron chi connectivity index (χ2n) is 3.94. The van der Waals surface area contributed by atoms with Crippen molar-refractivity contribution in [2.75, 3.05) is 0 Å². The normalized spacial score (nSPS) is 8.36. The SMILES string of the molecule is [Y].[Y].[Y].[Y].[c-]1ccc(-c2[c-]cccc2)[c-]c1-c1[c-]cccc1. The predicted molar refractivity (Wildman–Crippen MR) is 72.7 cm³/mol. The van der Waals surface area contributed by atoms with Crippen molar-refractivity contribution in [3.05, 3.63) is 84.9 Å². The minimum Gasteiger partial charge on any atom is -0.379 e. The molecule has 0 bridgehead atoms. The van der Waals surface area contributed by atoms with Gasteiger partial charge in [0.1, 0.15) is 0 Å². The van der Waals surface area contributed by atoms with Crippen LogP contribution in [0.4, 0.5) is 0 Å². The second-order valence-corrected chi connectivity index (χ2v) is 3.94. The van der Waals surface area contributed by atoms with Crippen LogP contribution in [-0.4, -0.2) is 0 Å². The third-order valence-electron chi connectivity index (χ3n) is 2.71. The molecule has 0 spiro atoms. The maximum atomic E-state index is 3.36. The predicted octanol–water partition coefficient (Wildman–Crippen LogP) is 4.21. The fraction of sp³-hybridized carbons (Fsp3) is 0. The quantitative estimate of drug-likeness (QED) is 0.398. The van der Waals surface area contributed by atoms with Crippen LogP contribution in [0.5, 0.6) is 0 Å². The van der Waals surface area contributed by atoms with Gasteiger partial charge in [-0.05, 0) is 0 Å². The van der Waals surface area contributed by atoms with Gasteiger partial charge in [0.05, 0.1) is 0 Å². The molecule has 3 rings (SSSR count). The molecule has 0 fully saturated rings. The molecular formula is C18H10Y4-4. The maximum absolute atomic E-state index is 3.36. The van der Waals surface area contributed by atoms with Crippen molar-refractivity contribution in [2.45, 2.75) is 0 Å². The minimum atomic E-state index is 0. The second kappa shape index (κ2) is 14.3. The Labute approximate surface area is 233 Å². The molecule has 0 unspecified atom stereocenters. The largest absolute Gasteiger partial charge is 0.379 e. The summed E-state index contributed by atoms with van der Waals surface area (Å²) in [4.78, 5) is 0. The number of hydrogen-bond donors (Lipinski definition) is 0. The molecule has 0 aromatic heterocycles. The molecule has 98 valence electrons. The first kappa shape index (κ1) is 26.3. The van der Waals surface area contributed by atoms with E-state index in [9.17, 15) is 0 Å². The Hall–Kier alpha value is 2.08. The van der Waals surface area contributed by atoms with E-state index in [0.29, 0.717) is 0 Å². The molecule has 0 atom stereocenters. The molecule has 3 aromatic carbocycles. The zero-order valence-electron chi connectivity index (χ0n) is 12.1. The molecule has 0 aliphatic rings.